The summed E-state index contributed by atoms with van der Waals surface area (Å²) in [6, 6.07) is -0.456. The third kappa shape index (κ3) is 1.67. The van der Waals surface area contributed by atoms with E-state index >= 15 is 0 Å². The molecule has 0 spiro atoms. The number of aromatic amines is 1. The van der Waals surface area contributed by atoms with E-state index in [1.165, 1.54) is 11.1 Å². The number of rotatable bonds is 1. The number of nitrogens with zero attached hydrogens (tertiary/aromatic N) is 3. The van der Waals surface area contributed by atoms with E-state index in [4.69, 9.17) is 0 Å². The van der Waals surface area contributed by atoms with Crippen molar-refractivity contribution < 1.29 is 9.59 Å². The molecule has 0 radical (unpaired) electrons. The van der Waals surface area contributed by atoms with Crippen molar-refractivity contribution in [2.75, 3.05) is 13.1 Å². The number of H-pyrrole nitrogens is 1. The van der Waals surface area contributed by atoms with Gasteiger partial charge in [0, 0.05) is 13.1 Å². The number of nitrogens with one attached hydrogen (secondary N) is 2. The second-order valence-electron chi connectivity index (χ2n) is 3.32. The summed E-state index contributed by atoms with van der Waals surface area (Å²) in [4.78, 5) is 24.7. The molecule has 2 N–H and O–H groups in total. The zero-order valence-corrected chi connectivity index (χ0v) is 8.23. The molecule has 0 aliphatic carbocycles. The minimum Gasteiger partial charge on any atom is -0.353 e. The van der Waals surface area contributed by atoms with Crippen LogP contribution in [0.25, 0.3) is 0 Å². The minimum absolute atomic E-state index is 0.141. The Labute approximate surface area is 85.8 Å². The average molecular weight is 209 g/mol. The van der Waals surface area contributed by atoms with Crippen molar-refractivity contribution in [3.8, 4) is 0 Å². The van der Waals surface area contributed by atoms with Crippen LogP contribution in [0.3, 0.4) is 0 Å². The Kier molecular flexibility index (Phi) is 2.36. The normalized spacial score (nSPS) is 21.3. The van der Waals surface area contributed by atoms with Gasteiger partial charge in [0.1, 0.15) is 6.04 Å². The lowest BCUT2D eigenvalue weighted by Gasteiger charge is -2.32. The number of amides is 2. The molecule has 1 unspecified atom stereocenters. The molecule has 1 fully saturated rings. The third-order valence-electron chi connectivity index (χ3n) is 2.39. The van der Waals surface area contributed by atoms with Crippen molar-refractivity contribution in [2.45, 2.75) is 13.0 Å². The van der Waals surface area contributed by atoms with Crippen molar-refractivity contribution in [2.24, 2.45) is 0 Å². The highest BCUT2D eigenvalue weighted by Gasteiger charge is 2.30. The summed E-state index contributed by atoms with van der Waals surface area (Å²) in [6.07, 6.45) is 1.35. The maximum absolute atomic E-state index is 11.8. The Hall–Kier alpha value is -1.92. The van der Waals surface area contributed by atoms with Crippen LogP contribution in [0.5, 0.6) is 0 Å². The fraction of sp³-hybridized carbons (Fsp3) is 0.500. The molecule has 1 aromatic heterocycles. The van der Waals surface area contributed by atoms with Crippen molar-refractivity contribution >= 4 is 11.8 Å². The molecular weight excluding hydrogens is 198 g/mol. The van der Waals surface area contributed by atoms with E-state index in [-0.39, 0.29) is 17.5 Å². The van der Waals surface area contributed by atoms with E-state index in [2.05, 4.69) is 20.7 Å². The summed E-state index contributed by atoms with van der Waals surface area (Å²) in [6.45, 7) is 2.66. The van der Waals surface area contributed by atoms with Crippen LogP contribution in [0, 0.1) is 0 Å². The zero-order chi connectivity index (χ0) is 10.8. The second kappa shape index (κ2) is 3.68. The molecule has 2 rings (SSSR count). The molecule has 1 saturated heterocycles. The van der Waals surface area contributed by atoms with Crippen molar-refractivity contribution in [3.63, 3.8) is 0 Å². The van der Waals surface area contributed by atoms with E-state index in [1.807, 2.05) is 0 Å². The predicted octanol–water partition coefficient (Wildman–Crippen LogP) is -1.23. The summed E-state index contributed by atoms with van der Waals surface area (Å²) in [7, 11) is 0. The lowest BCUT2D eigenvalue weighted by Crippen LogP contribution is -2.55. The lowest BCUT2D eigenvalue weighted by molar-refractivity contribution is -0.127. The van der Waals surface area contributed by atoms with Gasteiger partial charge in [0.25, 0.3) is 5.91 Å². The molecule has 1 aromatic rings. The SMILES string of the molecule is CC1C(=O)NCCN1C(=O)c1cn[nH]n1. The number of hydrogen-bond donors (Lipinski definition) is 2. The van der Waals surface area contributed by atoms with Gasteiger partial charge < -0.3 is 10.2 Å². The Balaban J connectivity index is 2.16. The average Bonchev–Trinajstić information content (AvgIpc) is 2.74. The van der Waals surface area contributed by atoms with Crippen molar-refractivity contribution in [3.05, 3.63) is 11.9 Å². The maximum atomic E-state index is 11.8. The first-order chi connectivity index (χ1) is 7.20. The van der Waals surface area contributed by atoms with Crippen LogP contribution in [0.15, 0.2) is 6.20 Å². The number of carbonyl (C=O) groups excluding carboxylic acids is 2. The number of aromatic nitrogens is 3. The van der Waals surface area contributed by atoms with Crippen LogP contribution in [0.4, 0.5) is 0 Å². The first-order valence-corrected chi connectivity index (χ1v) is 4.64. The molecule has 0 saturated carbocycles. The summed E-state index contributed by atoms with van der Waals surface area (Å²) < 4.78 is 0. The molecule has 80 valence electrons. The monoisotopic (exact) mass is 209 g/mol. The first kappa shape index (κ1) is 9.63. The first-order valence-electron chi connectivity index (χ1n) is 4.64. The standard InChI is InChI=1S/C8H11N5O2/c1-5-7(14)9-2-3-13(5)8(15)6-4-10-12-11-6/h4-5H,2-3H2,1H3,(H,9,14)(H,10,11,12). The minimum atomic E-state index is -0.456. The van der Waals surface area contributed by atoms with Gasteiger partial charge in [-0.15, -0.1) is 0 Å². The number of piperazine rings is 1. The molecule has 0 aromatic carbocycles. The van der Waals surface area contributed by atoms with E-state index < -0.39 is 6.04 Å². The van der Waals surface area contributed by atoms with Crippen molar-refractivity contribution in [1.29, 1.82) is 0 Å². The molecule has 2 heterocycles. The molecule has 15 heavy (non-hydrogen) atoms. The fourth-order valence-electron chi connectivity index (χ4n) is 1.51. The summed E-state index contributed by atoms with van der Waals surface area (Å²) >= 11 is 0. The quantitative estimate of drug-likeness (QED) is 0.605. The highest BCUT2D eigenvalue weighted by atomic mass is 16.2. The molecular formula is C8H11N5O2. The summed E-state index contributed by atoms with van der Waals surface area (Å²) in [5.41, 5.74) is 0.233. The van der Waals surface area contributed by atoms with Crippen LogP contribution >= 0.6 is 0 Å². The van der Waals surface area contributed by atoms with Gasteiger partial charge in [-0.2, -0.15) is 15.4 Å². The summed E-state index contributed by atoms with van der Waals surface area (Å²) in [5.74, 6) is -0.413. The van der Waals surface area contributed by atoms with Gasteiger partial charge in [0.15, 0.2) is 5.69 Å². The van der Waals surface area contributed by atoms with Gasteiger partial charge in [-0.05, 0) is 6.92 Å². The molecule has 1 aliphatic heterocycles. The van der Waals surface area contributed by atoms with Crippen LogP contribution in [0.2, 0.25) is 0 Å². The lowest BCUT2D eigenvalue weighted by atomic mass is 10.2. The smallest absolute Gasteiger partial charge is 0.276 e. The van der Waals surface area contributed by atoms with Crippen LogP contribution in [0.1, 0.15) is 17.4 Å². The molecule has 0 bridgehead atoms. The molecule has 1 aliphatic rings. The van der Waals surface area contributed by atoms with Crippen LogP contribution in [-0.2, 0) is 4.79 Å². The second-order valence-corrected chi connectivity index (χ2v) is 3.32. The van der Waals surface area contributed by atoms with E-state index in [0.717, 1.165) is 0 Å². The predicted molar refractivity (Wildman–Crippen MR) is 49.9 cm³/mol. The van der Waals surface area contributed by atoms with Gasteiger partial charge in [-0.1, -0.05) is 0 Å². The fourth-order valence-corrected chi connectivity index (χ4v) is 1.51. The summed E-state index contributed by atoms with van der Waals surface area (Å²) in [5, 5.41) is 12.3. The van der Waals surface area contributed by atoms with Gasteiger partial charge in [-0.25, -0.2) is 0 Å². The van der Waals surface area contributed by atoms with E-state index in [1.54, 1.807) is 6.92 Å². The van der Waals surface area contributed by atoms with Crippen molar-refractivity contribution in [1.82, 2.24) is 25.6 Å². The largest absolute Gasteiger partial charge is 0.353 e. The molecule has 2 amide bonds. The molecule has 7 heteroatoms. The topological polar surface area (TPSA) is 91.0 Å². The molecule has 7 nitrogen and oxygen atoms in total. The number of carbonyl (C=O) groups is 2. The number of hydrogen-bond acceptors (Lipinski definition) is 4. The van der Waals surface area contributed by atoms with Gasteiger partial charge >= 0.3 is 0 Å². The van der Waals surface area contributed by atoms with Gasteiger partial charge in [-0.3, -0.25) is 9.59 Å². The Morgan fingerprint density at radius 1 is 1.67 bits per heavy atom. The zero-order valence-electron chi connectivity index (χ0n) is 8.23. The Morgan fingerprint density at radius 3 is 3.13 bits per heavy atom. The van der Waals surface area contributed by atoms with Gasteiger partial charge in [0.2, 0.25) is 5.91 Å². The third-order valence-corrected chi connectivity index (χ3v) is 2.39. The highest BCUT2D eigenvalue weighted by Crippen LogP contribution is 2.08. The van der Waals surface area contributed by atoms with E-state index in [0.29, 0.717) is 13.1 Å². The van der Waals surface area contributed by atoms with Crippen LogP contribution < -0.4 is 5.32 Å². The Bertz CT molecular complexity index is 374. The van der Waals surface area contributed by atoms with Gasteiger partial charge in [0.05, 0.1) is 6.20 Å². The molecule has 1 atom stereocenters. The maximum Gasteiger partial charge on any atom is 0.276 e. The Morgan fingerprint density at radius 2 is 2.47 bits per heavy atom. The van der Waals surface area contributed by atoms with Crippen LogP contribution in [-0.4, -0.2) is 51.3 Å². The highest BCUT2D eigenvalue weighted by molar-refractivity contribution is 5.96. The van der Waals surface area contributed by atoms with E-state index in [9.17, 15) is 9.59 Å².